The summed E-state index contributed by atoms with van der Waals surface area (Å²) in [6.45, 7) is 1.37. The van der Waals surface area contributed by atoms with Crippen LogP contribution in [0.15, 0.2) is 30.0 Å². The van der Waals surface area contributed by atoms with Gasteiger partial charge in [0.15, 0.2) is 0 Å². The number of amides is 2. The van der Waals surface area contributed by atoms with E-state index in [2.05, 4.69) is 16.4 Å². The molecular formula is C16H20N4O3S. The monoisotopic (exact) mass is 348 g/mol. The van der Waals surface area contributed by atoms with Crippen LogP contribution in [0.4, 0.5) is 0 Å². The molecule has 0 spiro atoms. The second kappa shape index (κ2) is 7.59. The molecule has 0 bridgehead atoms. The maximum absolute atomic E-state index is 12.6. The number of hydrogen-bond acceptors (Lipinski definition) is 5. The van der Waals surface area contributed by atoms with Gasteiger partial charge in [-0.15, -0.1) is 11.3 Å². The first kappa shape index (κ1) is 16.7. The Balaban J connectivity index is 1.64. The second-order valence-corrected chi connectivity index (χ2v) is 6.67. The summed E-state index contributed by atoms with van der Waals surface area (Å²) in [6, 6.07) is 3.59. The molecule has 1 aliphatic rings. The van der Waals surface area contributed by atoms with Crippen LogP contribution in [-0.2, 0) is 27.3 Å². The third-order valence-corrected chi connectivity index (χ3v) is 4.94. The van der Waals surface area contributed by atoms with Crippen LogP contribution in [-0.4, -0.2) is 53.1 Å². The highest BCUT2D eigenvalue weighted by atomic mass is 32.1. The first-order valence-corrected chi connectivity index (χ1v) is 8.64. The van der Waals surface area contributed by atoms with Crippen molar-refractivity contribution in [3.05, 3.63) is 40.6 Å². The van der Waals surface area contributed by atoms with Gasteiger partial charge in [0.05, 0.1) is 25.1 Å². The Bertz CT molecular complexity index is 698. The maximum atomic E-state index is 12.6. The Morgan fingerprint density at radius 2 is 2.38 bits per heavy atom. The summed E-state index contributed by atoms with van der Waals surface area (Å²) in [4.78, 5) is 31.7. The lowest BCUT2D eigenvalue weighted by Gasteiger charge is -2.33. The van der Waals surface area contributed by atoms with Gasteiger partial charge in [0, 0.05) is 24.7 Å². The number of carbonyl (C=O) groups is 2. The average molecular weight is 348 g/mol. The van der Waals surface area contributed by atoms with Crippen molar-refractivity contribution in [2.24, 2.45) is 0 Å². The van der Waals surface area contributed by atoms with Crippen LogP contribution in [0.2, 0.25) is 0 Å². The van der Waals surface area contributed by atoms with Gasteiger partial charge in [-0.25, -0.2) is 4.98 Å². The van der Waals surface area contributed by atoms with Gasteiger partial charge in [-0.3, -0.25) is 9.59 Å². The molecule has 0 fully saturated rings. The zero-order valence-corrected chi connectivity index (χ0v) is 14.3. The smallest absolute Gasteiger partial charge is 0.248 e. The predicted octanol–water partition coefficient (Wildman–Crippen LogP) is 0.833. The molecule has 1 aliphatic heterocycles. The zero-order valence-electron chi connectivity index (χ0n) is 13.5. The third kappa shape index (κ3) is 3.65. The Hall–Kier alpha value is -2.19. The fourth-order valence-corrected chi connectivity index (χ4v) is 3.50. The maximum Gasteiger partial charge on any atom is 0.248 e. The molecule has 1 N–H and O–H groups in total. The largest absolute Gasteiger partial charge is 0.375 e. The highest BCUT2D eigenvalue weighted by Gasteiger charge is 2.32. The Morgan fingerprint density at radius 3 is 3.12 bits per heavy atom. The minimum absolute atomic E-state index is 0.0147. The Morgan fingerprint density at radius 1 is 1.50 bits per heavy atom. The molecule has 0 aromatic carbocycles. The van der Waals surface area contributed by atoms with Gasteiger partial charge in [-0.05, 0) is 17.9 Å². The van der Waals surface area contributed by atoms with Crippen LogP contribution in [0.1, 0.15) is 16.6 Å². The molecule has 0 aliphatic carbocycles. The zero-order chi connectivity index (χ0) is 16.9. The first-order chi connectivity index (χ1) is 11.7. The van der Waals surface area contributed by atoms with Crippen molar-refractivity contribution < 1.29 is 14.3 Å². The lowest BCUT2D eigenvalue weighted by molar-refractivity contribution is -0.138. The van der Waals surface area contributed by atoms with E-state index < -0.39 is 6.04 Å². The van der Waals surface area contributed by atoms with Crippen LogP contribution < -0.4 is 5.32 Å². The number of thiophene rings is 1. The highest BCUT2D eigenvalue weighted by molar-refractivity contribution is 7.09. The van der Waals surface area contributed by atoms with E-state index in [4.69, 9.17) is 4.74 Å². The van der Waals surface area contributed by atoms with Crippen molar-refractivity contribution in [1.29, 1.82) is 0 Å². The van der Waals surface area contributed by atoms with E-state index in [1.807, 2.05) is 16.0 Å². The molecule has 3 rings (SSSR count). The normalized spacial score (nSPS) is 16.7. The highest BCUT2D eigenvalue weighted by Crippen LogP contribution is 2.21. The Kier molecular flexibility index (Phi) is 5.27. The first-order valence-electron chi connectivity index (χ1n) is 7.76. The lowest BCUT2D eigenvalue weighted by Crippen LogP contribution is -2.47. The number of ether oxygens (including phenoxy) is 1. The molecule has 8 heteroatoms. The fourth-order valence-electron chi connectivity index (χ4n) is 2.79. The van der Waals surface area contributed by atoms with Crippen molar-refractivity contribution in [1.82, 2.24) is 19.8 Å². The molecule has 0 radical (unpaired) electrons. The van der Waals surface area contributed by atoms with Crippen LogP contribution in [0, 0.1) is 0 Å². The summed E-state index contributed by atoms with van der Waals surface area (Å²) in [5.74, 6) is -0.220. The molecule has 128 valence electrons. The molecular weight excluding hydrogens is 328 g/mol. The van der Waals surface area contributed by atoms with E-state index in [9.17, 15) is 9.59 Å². The van der Waals surface area contributed by atoms with Gasteiger partial charge in [0.25, 0.3) is 0 Å². The summed E-state index contributed by atoms with van der Waals surface area (Å²) < 4.78 is 6.76. The number of rotatable bonds is 6. The second-order valence-electron chi connectivity index (χ2n) is 5.64. The molecule has 2 amide bonds. The van der Waals surface area contributed by atoms with Crippen LogP contribution in [0.25, 0.3) is 0 Å². The summed E-state index contributed by atoms with van der Waals surface area (Å²) in [6.07, 6.45) is 4.15. The summed E-state index contributed by atoms with van der Waals surface area (Å²) >= 11 is 1.68. The fraction of sp³-hybridized carbons (Fsp3) is 0.438. The SMILES string of the molecule is COCC(=O)N1Cc2cncn2C(C(=O)NCCc2cccs2)C1. The van der Waals surface area contributed by atoms with E-state index in [0.717, 1.165) is 12.1 Å². The van der Waals surface area contributed by atoms with Crippen molar-refractivity contribution in [2.75, 3.05) is 26.8 Å². The Labute approximate surface area is 144 Å². The number of carbonyl (C=O) groups excluding carboxylic acids is 2. The topological polar surface area (TPSA) is 76.5 Å². The van der Waals surface area contributed by atoms with Crippen LogP contribution >= 0.6 is 11.3 Å². The molecule has 0 saturated heterocycles. The molecule has 1 unspecified atom stereocenters. The summed E-state index contributed by atoms with van der Waals surface area (Å²) in [5, 5.41) is 4.99. The van der Waals surface area contributed by atoms with Crippen molar-refractivity contribution in [3.63, 3.8) is 0 Å². The molecule has 3 heterocycles. The number of aromatic nitrogens is 2. The molecule has 2 aromatic heterocycles. The van der Waals surface area contributed by atoms with E-state index in [1.54, 1.807) is 28.8 Å². The van der Waals surface area contributed by atoms with Crippen molar-refractivity contribution >= 4 is 23.2 Å². The number of hydrogen-bond donors (Lipinski definition) is 1. The third-order valence-electron chi connectivity index (χ3n) is 4.00. The number of methoxy groups -OCH3 is 1. The molecule has 0 saturated carbocycles. The molecule has 1 atom stereocenters. The van der Waals surface area contributed by atoms with Gasteiger partial charge in [-0.1, -0.05) is 6.07 Å². The lowest BCUT2D eigenvalue weighted by atomic mass is 10.1. The van der Waals surface area contributed by atoms with E-state index in [1.165, 1.54) is 12.0 Å². The molecule has 24 heavy (non-hydrogen) atoms. The number of nitrogens with zero attached hydrogens (tertiary/aromatic N) is 3. The van der Waals surface area contributed by atoms with Gasteiger partial charge in [0.1, 0.15) is 12.6 Å². The van der Waals surface area contributed by atoms with Gasteiger partial charge in [-0.2, -0.15) is 0 Å². The van der Waals surface area contributed by atoms with Gasteiger partial charge >= 0.3 is 0 Å². The summed E-state index contributed by atoms with van der Waals surface area (Å²) in [7, 11) is 1.49. The quantitative estimate of drug-likeness (QED) is 0.839. The standard InChI is InChI=1S/C16H20N4O3S/c1-23-10-15(21)19-8-12-7-17-11-20(12)14(9-19)16(22)18-5-4-13-3-2-6-24-13/h2-3,6-7,11,14H,4-5,8-10H2,1H3,(H,18,22). The van der Waals surface area contributed by atoms with Crippen molar-refractivity contribution in [3.8, 4) is 0 Å². The van der Waals surface area contributed by atoms with Crippen molar-refractivity contribution in [2.45, 2.75) is 19.0 Å². The van der Waals surface area contributed by atoms with E-state index in [0.29, 0.717) is 19.6 Å². The summed E-state index contributed by atoms with van der Waals surface area (Å²) in [5.41, 5.74) is 0.851. The number of imidazole rings is 1. The van der Waals surface area contributed by atoms with E-state index in [-0.39, 0.29) is 18.4 Å². The number of nitrogens with one attached hydrogen (secondary N) is 1. The minimum Gasteiger partial charge on any atom is -0.375 e. The van der Waals surface area contributed by atoms with E-state index >= 15 is 0 Å². The molecule has 7 nitrogen and oxygen atoms in total. The minimum atomic E-state index is -0.458. The predicted molar refractivity (Wildman–Crippen MR) is 89.6 cm³/mol. The number of fused-ring (bicyclic) bond motifs is 1. The van der Waals surface area contributed by atoms with Crippen LogP contribution in [0.5, 0.6) is 0 Å². The van der Waals surface area contributed by atoms with Gasteiger partial charge < -0.3 is 19.5 Å². The molecule has 2 aromatic rings. The van der Waals surface area contributed by atoms with Crippen LogP contribution in [0.3, 0.4) is 0 Å². The van der Waals surface area contributed by atoms with Gasteiger partial charge in [0.2, 0.25) is 11.8 Å². The average Bonchev–Trinajstić information content (AvgIpc) is 3.25.